The summed E-state index contributed by atoms with van der Waals surface area (Å²) in [7, 11) is 1.61. The molecule has 3 heterocycles. The Balaban J connectivity index is 1.36. The number of aliphatic imine (C=N–C) groups is 1. The number of allylic oxidation sites excluding steroid dienone is 2. The average Bonchev–Trinajstić information content (AvgIpc) is 3.59. The molecule has 4 rings (SSSR count). The van der Waals surface area contributed by atoms with E-state index in [1.165, 1.54) is 0 Å². The highest BCUT2D eigenvalue weighted by molar-refractivity contribution is 5.85. The average molecular weight is 518 g/mol. The van der Waals surface area contributed by atoms with Crippen LogP contribution in [0.4, 0.5) is 11.6 Å². The van der Waals surface area contributed by atoms with E-state index in [0.29, 0.717) is 36.8 Å². The van der Waals surface area contributed by atoms with Gasteiger partial charge in [0.25, 0.3) is 5.91 Å². The van der Waals surface area contributed by atoms with E-state index >= 15 is 0 Å². The standard InChI is InChI=1S/C27H35N9O2/c1-18(7-8-24(28-4)36-14-6-13-30-36)17-29-26(37)27(38-5)11-9-21(10-12-27)25-31-19(2)15-22(33-25)32-23-16-20(3)34-35-23/h6-8,13-16,21H,4,9-12,17H2,1-3,5H3,(H,29,37)(H2,31,32,33,34,35)/b18-7+,24-8+. The summed E-state index contributed by atoms with van der Waals surface area (Å²) in [6, 6.07) is 5.64. The summed E-state index contributed by atoms with van der Waals surface area (Å²) >= 11 is 0. The van der Waals surface area contributed by atoms with Crippen LogP contribution in [0, 0.1) is 13.8 Å². The van der Waals surface area contributed by atoms with Gasteiger partial charge in [0.1, 0.15) is 17.2 Å². The van der Waals surface area contributed by atoms with Crippen molar-refractivity contribution in [1.29, 1.82) is 0 Å². The van der Waals surface area contributed by atoms with Crippen LogP contribution in [0.2, 0.25) is 0 Å². The van der Waals surface area contributed by atoms with Gasteiger partial charge in [0.15, 0.2) is 11.6 Å². The minimum absolute atomic E-state index is 0.106. The summed E-state index contributed by atoms with van der Waals surface area (Å²) in [4.78, 5) is 26.7. The number of carbonyl (C=O) groups excluding carboxylic acids is 1. The number of nitrogens with one attached hydrogen (secondary N) is 3. The molecule has 1 fully saturated rings. The van der Waals surface area contributed by atoms with Gasteiger partial charge in [0.2, 0.25) is 0 Å². The lowest BCUT2D eigenvalue weighted by molar-refractivity contribution is -0.147. The van der Waals surface area contributed by atoms with Crippen LogP contribution in [0.3, 0.4) is 0 Å². The molecule has 0 bridgehead atoms. The zero-order valence-electron chi connectivity index (χ0n) is 22.4. The lowest BCUT2D eigenvalue weighted by Crippen LogP contribution is -2.50. The molecule has 1 amide bonds. The molecule has 3 aromatic rings. The van der Waals surface area contributed by atoms with Gasteiger partial charge in [-0.3, -0.25) is 9.89 Å². The highest BCUT2D eigenvalue weighted by atomic mass is 16.5. The Morgan fingerprint density at radius 1 is 1.26 bits per heavy atom. The summed E-state index contributed by atoms with van der Waals surface area (Å²) in [5.74, 6) is 2.84. The van der Waals surface area contributed by atoms with Gasteiger partial charge in [-0.15, -0.1) is 0 Å². The van der Waals surface area contributed by atoms with E-state index in [9.17, 15) is 4.79 Å². The van der Waals surface area contributed by atoms with Crippen LogP contribution in [0.5, 0.6) is 0 Å². The van der Waals surface area contributed by atoms with Crippen molar-refractivity contribution in [3.8, 4) is 0 Å². The summed E-state index contributed by atoms with van der Waals surface area (Å²) < 4.78 is 7.43. The number of ether oxygens (including phenoxy) is 1. The van der Waals surface area contributed by atoms with Crippen molar-refractivity contribution in [2.45, 2.75) is 58.0 Å². The first kappa shape index (κ1) is 26.9. The van der Waals surface area contributed by atoms with Crippen LogP contribution in [-0.4, -0.2) is 61.8 Å². The summed E-state index contributed by atoms with van der Waals surface area (Å²) in [5, 5.41) is 17.6. The number of carbonyl (C=O) groups is 1. The molecule has 0 radical (unpaired) electrons. The van der Waals surface area contributed by atoms with Crippen molar-refractivity contribution in [1.82, 2.24) is 35.3 Å². The molecular weight excluding hydrogens is 482 g/mol. The number of rotatable bonds is 10. The van der Waals surface area contributed by atoms with Crippen molar-refractivity contribution >= 4 is 30.1 Å². The quantitative estimate of drug-likeness (QED) is 0.273. The number of aryl methyl sites for hydroxylation is 2. The number of hydrogen-bond donors (Lipinski definition) is 3. The molecule has 11 nitrogen and oxygen atoms in total. The molecule has 3 N–H and O–H groups in total. The monoisotopic (exact) mass is 517 g/mol. The Morgan fingerprint density at radius 3 is 2.68 bits per heavy atom. The van der Waals surface area contributed by atoms with E-state index in [1.54, 1.807) is 24.2 Å². The second-order valence-electron chi connectivity index (χ2n) is 9.62. The zero-order chi connectivity index (χ0) is 27.1. The lowest BCUT2D eigenvalue weighted by Gasteiger charge is -2.37. The van der Waals surface area contributed by atoms with E-state index in [-0.39, 0.29) is 11.8 Å². The highest BCUT2D eigenvalue weighted by Gasteiger charge is 2.42. The van der Waals surface area contributed by atoms with Gasteiger partial charge >= 0.3 is 0 Å². The van der Waals surface area contributed by atoms with Gasteiger partial charge in [-0.25, -0.2) is 19.6 Å². The Bertz CT molecular complexity index is 1320. The Kier molecular flexibility index (Phi) is 8.47. The van der Waals surface area contributed by atoms with Crippen molar-refractivity contribution < 1.29 is 9.53 Å². The second kappa shape index (κ2) is 12.0. The van der Waals surface area contributed by atoms with E-state index in [4.69, 9.17) is 14.7 Å². The molecule has 1 saturated carbocycles. The summed E-state index contributed by atoms with van der Waals surface area (Å²) in [6.45, 7) is 9.84. The summed E-state index contributed by atoms with van der Waals surface area (Å²) in [5.41, 5.74) is 1.94. The maximum Gasteiger partial charge on any atom is 0.252 e. The molecule has 0 atom stereocenters. The van der Waals surface area contributed by atoms with E-state index in [2.05, 4.69) is 37.6 Å². The second-order valence-corrected chi connectivity index (χ2v) is 9.62. The third-order valence-corrected chi connectivity index (χ3v) is 6.74. The van der Waals surface area contributed by atoms with E-state index in [0.717, 1.165) is 35.6 Å². The van der Waals surface area contributed by atoms with Crippen LogP contribution in [-0.2, 0) is 9.53 Å². The largest absolute Gasteiger partial charge is 0.368 e. The zero-order valence-corrected chi connectivity index (χ0v) is 22.4. The SMILES string of the molecule is C=N/C(=C\C=C(/C)CNC(=O)C1(OC)CCC(c2nc(C)cc(Nc3cc(C)[nH]n3)n2)CC1)n1cccn1. The number of hydrogen-bond acceptors (Lipinski definition) is 8. The van der Waals surface area contributed by atoms with Crippen molar-refractivity contribution in [2.24, 2.45) is 4.99 Å². The van der Waals surface area contributed by atoms with Gasteiger partial charge in [0, 0.05) is 55.5 Å². The molecule has 1 aliphatic carbocycles. The fourth-order valence-corrected chi connectivity index (χ4v) is 4.58. The Labute approximate surface area is 222 Å². The lowest BCUT2D eigenvalue weighted by atomic mass is 9.77. The third kappa shape index (κ3) is 6.41. The fourth-order valence-electron chi connectivity index (χ4n) is 4.58. The normalized spacial score (nSPS) is 20.3. The molecule has 0 aliphatic heterocycles. The number of aromatic amines is 1. The smallest absolute Gasteiger partial charge is 0.252 e. The first-order valence-corrected chi connectivity index (χ1v) is 12.6. The number of amides is 1. The minimum atomic E-state index is -0.868. The number of aromatic nitrogens is 6. The highest BCUT2D eigenvalue weighted by Crippen LogP contribution is 2.39. The van der Waals surface area contributed by atoms with Crippen LogP contribution in [0.15, 0.2) is 53.3 Å². The third-order valence-electron chi connectivity index (χ3n) is 6.74. The predicted octanol–water partition coefficient (Wildman–Crippen LogP) is 4.06. The fraction of sp³-hybridized carbons (Fsp3) is 0.407. The molecule has 11 heteroatoms. The van der Waals surface area contributed by atoms with Crippen molar-refractivity contribution in [3.05, 3.63) is 65.5 Å². The van der Waals surface area contributed by atoms with Gasteiger partial charge in [-0.2, -0.15) is 10.2 Å². The molecule has 200 valence electrons. The van der Waals surface area contributed by atoms with Gasteiger partial charge in [0.05, 0.1) is 0 Å². The van der Waals surface area contributed by atoms with Gasteiger partial charge < -0.3 is 15.4 Å². The van der Waals surface area contributed by atoms with E-state index in [1.807, 2.05) is 51.1 Å². The van der Waals surface area contributed by atoms with Gasteiger partial charge in [-0.05, 0) is 65.3 Å². The maximum atomic E-state index is 13.2. The molecule has 0 aromatic carbocycles. The number of H-pyrrole nitrogens is 1. The predicted molar refractivity (Wildman–Crippen MR) is 147 cm³/mol. The first-order chi connectivity index (χ1) is 18.3. The number of nitrogens with zero attached hydrogens (tertiary/aromatic N) is 6. The molecule has 0 saturated heterocycles. The number of anilines is 2. The van der Waals surface area contributed by atoms with Crippen LogP contribution in [0.25, 0.3) is 5.82 Å². The van der Waals surface area contributed by atoms with Crippen LogP contribution < -0.4 is 10.6 Å². The topological polar surface area (TPSA) is 135 Å². The minimum Gasteiger partial charge on any atom is -0.368 e. The maximum absolute atomic E-state index is 13.2. The summed E-state index contributed by atoms with van der Waals surface area (Å²) in [6.07, 6.45) is 9.87. The van der Waals surface area contributed by atoms with Crippen LogP contribution >= 0.6 is 0 Å². The molecule has 0 spiro atoms. The molecule has 1 aliphatic rings. The van der Waals surface area contributed by atoms with E-state index < -0.39 is 5.60 Å². The molecule has 38 heavy (non-hydrogen) atoms. The Hall–Kier alpha value is -4.12. The molecular formula is C27H35N9O2. The number of methoxy groups -OCH3 is 1. The Morgan fingerprint density at radius 2 is 2.05 bits per heavy atom. The van der Waals surface area contributed by atoms with Crippen LogP contribution in [0.1, 0.15) is 55.7 Å². The first-order valence-electron chi connectivity index (χ1n) is 12.6. The van der Waals surface area contributed by atoms with Gasteiger partial charge in [-0.1, -0.05) is 11.6 Å². The molecule has 0 unspecified atom stereocenters. The van der Waals surface area contributed by atoms with Crippen molar-refractivity contribution in [2.75, 3.05) is 19.0 Å². The van der Waals surface area contributed by atoms with Crippen molar-refractivity contribution in [3.63, 3.8) is 0 Å². The molecule has 3 aromatic heterocycles.